The maximum Gasteiger partial charge on any atom is 0.230 e. The topological polar surface area (TPSA) is 86.3 Å². The third-order valence-corrected chi connectivity index (χ3v) is 6.49. The largest absolute Gasteiger partial charge is 0.497 e. The van der Waals surface area contributed by atoms with Gasteiger partial charge in [-0.1, -0.05) is 23.7 Å². The van der Waals surface area contributed by atoms with E-state index in [9.17, 15) is 9.59 Å². The Labute approximate surface area is 214 Å². The fourth-order valence-electron chi connectivity index (χ4n) is 4.38. The molecule has 1 aliphatic rings. The highest BCUT2D eigenvalue weighted by atomic mass is 35.5. The predicted octanol–water partition coefficient (Wildman–Crippen LogP) is 5.11. The highest BCUT2D eigenvalue weighted by Crippen LogP contribution is 2.43. The molecule has 8 nitrogen and oxygen atoms in total. The zero-order valence-corrected chi connectivity index (χ0v) is 21.2. The second-order valence-electron chi connectivity index (χ2n) is 8.17. The number of carbonyl (C=O) groups excluding carboxylic acids is 2. The summed E-state index contributed by atoms with van der Waals surface area (Å²) in [6, 6.07) is 17.2. The molecule has 1 fully saturated rings. The van der Waals surface area contributed by atoms with Gasteiger partial charge in [-0.05, 0) is 48.0 Å². The lowest BCUT2D eigenvalue weighted by atomic mass is 9.92. The Morgan fingerprint density at radius 1 is 0.861 bits per heavy atom. The van der Waals surface area contributed by atoms with E-state index in [4.69, 9.17) is 30.5 Å². The molecule has 0 radical (unpaired) electrons. The van der Waals surface area contributed by atoms with Gasteiger partial charge in [0.2, 0.25) is 11.8 Å². The number of rotatable bonds is 8. The van der Waals surface area contributed by atoms with Gasteiger partial charge in [0.05, 0.1) is 51.1 Å². The maximum atomic E-state index is 13.6. The molecular weight excluding hydrogens is 484 g/mol. The molecule has 2 atom stereocenters. The van der Waals surface area contributed by atoms with Gasteiger partial charge >= 0.3 is 0 Å². The molecule has 0 aliphatic carbocycles. The molecule has 36 heavy (non-hydrogen) atoms. The Morgan fingerprint density at radius 3 is 2.00 bits per heavy atom. The Bertz CT molecular complexity index is 1250. The number of benzene rings is 3. The summed E-state index contributed by atoms with van der Waals surface area (Å²) in [4.78, 5) is 28.6. The van der Waals surface area contributed by atoms with Crippen molar-refractivity contribution in [2.75, 3.05) is 38.7 Å². The molecule has 0 bridgehead atoms. The Hall–Kier alpha value is -3.91. The van der Waals surface area contributed by atoms with Crippen LogP contribution in [0.15, 0.2) is 60.7 Å². The Balaban J connectivity index is 1.71. The summed E-state index contributed by atoms with van der Waals surface area (Å²) in [7, 11) is 6.15. The number of amides is 2. The van der Waals surface area contributed by atoms with Crippen LogP contribution in [0.5, 0.6) is 23.0 Å². The minimum absolute atomic E-state index is 0.0285. The van der Waals surface area contributed by atoms with E-state index in [2.05, 4.69) is 5.32 Å². The predicted molar refractivity (Wildman–Crippen MR) is 138 cm³/mol. The molecule has 1 N–H and O–H groups in total. The summed E-state index contributed by atoms with van der Waals surface area (Å²) < 4.78 is 21.2. The van der Waals surface area contributed by atoms with Crippen LogP contribution in [0, 0.1) is 5.92 Å². The SMILES string of the molecule is COc1ccc(C2C(C(=O)Nc3cc(Cl)c(OC)cc3OC)CC(=O)N2c2ccc(OC)cc2)cc1. The Morgan fingerprint density at radius 2 is 1.44 bits per heavy atom. The number of nitrogens with one attached hydrogen (secondary N) is 1. The van der Waals surface area contributed by atoms with Gasteiger partial charge in [0.25, 0.3) is 0 Å². The van der Waals surface area contributed by atoms with Gasteiger partial charge in [0.1, 0.15) is 23.0 Å². The van der Waals surface area contributed by atoms with Crippen LogP contribution in [-0.4, -0.2) is 40.3 Å². The summed E-state index contributed by atoms with van der Waals surface area (Å²) in [5.74, 6) is 0.979. The van der Waals surface area contributed by atoms with Crippen molar-refractivity contribution in [3.8, 4) is 23.0 Å². The summed E-state index contributed by atoms with van der Waals surface area (Å²) in [6.07, 6.45) is 0.0285. The van der Waals surface area contributed by atoms with Crippen molar-refractivity contribution in [3.63, 3.8) is 0 Å². The molecule has 0 saturated carbocycles. The molecule has 2 amide bonds. The molecular formula is C27H27ClN2O6. The van der Waals surface area contributed by atoms with Crippen molar-refractivity contribution in [1.82, 2.24) is 0 Å². The minimum Gasteiger partial charge on any atom is -0.497 e. The molecule has 3 aromatic carbocycles. The van der Waals surface area contributed by atoms with Gasteiger partial charge < -0.3 is 29.2 Å². The van der Waals surface area contributed by atoms with Gasteiger partial charge in [-0.3, -0.25) is 9.59 Å². The second kappa shape index (κ2) is 10.8. The number of methoxy groups -OCH3 is 4. The van der Waals surface area contributed by atoms with Crippen LogP contribution in [0.1, 0.15) is 18.0 Å². The molecule has 0 aromatic heterocycles. The van der Waals surface area contributed by atoms with Crippen molar-refractivity contribution in [2.24, 2.45) is 5.92 Å². The molecule has 1 heterocycles. The lowest BCUT2D eigenvalue weighted by Gasteiger charge is -2.29. The van der Waals surface area contributed by atoms with Crippen LogP contribution < -0.4 is 29.2 Å². The summed E-state index contributed by atoms with van der Waals surface area (Å²) in [6.45, 7) is 0. The molecule has 1 saturated heterocycles. The first-order chi connectivity index (χ1) is 17.4. The van der Waals surface area contributed by atoms with Gasteiger partial charge in [-0.15, -0.1) is 0 Å². The standard InChI is InChI=1S/C27H27ClN2O6/c1-33-18-9-5-16(6-10-18)26-20(13-25(31)30(26)17-7-11-19(34-2)12-8-17)27(32)29-22-14-21(28)23(35-3)15-24(22)36-4/h5-12,14-15,20,26H,13H2,1-4H3,(H,29,32). The third-order valence-electron chi connectivity index (χ3n) is 6.20. The highest BCUT2D eigenvalue weighted by Gasteiger charge is 2.45. The van der Waals surface area contributed by atoms with E-state index in [0.717, 1.165) is 5.56 Å². The van der Waals surface area contributed by atoms with E-state index in [1.807, 2.05) is 24.3 Å². The summed E-state index contributed by atoms with van der Waals surface area (Å²) >= 11 is 6.29. The number of nitrogens with zero attached hydrogens (tertiary/aromatic N) is 1. The van der Waals surface area contributed by atoms with Crippen molar-refractivity contribution in [2.45, 2.75) is 12.5 Å². The molecule has 4 rings (SSSR count). The molecule has 188 valence electrons. The van der Waals surface area contributed by atoms with Gasteiger partial charge in [-0.25, -0.2) is 0 Å². The molecule has 3 aromatic rings. The zero-order chi connectivity index (χ0) is 25.8. The van der Waals surface area contributed by atoms with Crippen molar-refractivity contribution in [1.29, 1.82) is 0 Å². The number of carbonyl (C=O) groups is 2. The van der Waals surface area contributed by atoms with Gasteiger partial charge in [-0.2, -0.15) is 0 Å². The van der Waals surface area contributed by atoms with E-state index in [1.54, 1.807) is 55.5 Å². The highest BCUT2D eigenvalue weighted by molar-refractivity contribution is 6.32. The Kier molecular flexibility index (Phi) is 7.55. The first-order valence-corrected chi connectivity index (χ1v) is 11.6. The van der Waals surface area contributed by atoms with E-state index in [-0.39, 0.29) is 18.2 Å². The number of halogens is 1. The third kappa shape index (κ3) is 4.90. The minimum atomic E-state index is -0.682. The van der Waals surface area contributed by atoms with Crippen LogP contribution in [0.2, 0.25) is 5.02 Å². The van der Waals surface area contributed by atoms with Crippen LogP contribution in [-0.2, 0) is 9.59 Å². The first kappa shape index (κ1) is 25.2. The normalized spacial score (nSPS) is 17.0. The average molecular weight is 511 g/mol. The van der Waals surface area contributed by atoms with Crippen LogP contribution >= 0.6 is 11.6 Å². The fourth-order valence-corrected chi connectivity index (χ4v) is 4.62. The monoisotopic (exact) mass is 510 g/mol. The average Bonchev–Trinajstić information content (AvgIpc) is 3.26. The zero-order valence-electron chi connectivity index (χ0n) is 20.4. The number of hydrogen-bond acceptors (Lipinski definition) is 6. The van der Waals surface area contributed by atoms with Gasteiger partial charge in [0, 0.05) is 18.2 Å². The van der Waals surface area contributed by atoms with E-state index in [1.165, 1.54) is 14.2 Å². The number of hydrogen-bond donors (Lipinski definition) is 1. The van der Waals surface area contributed by atoms with Crippen LogP contribution in [0.3, 0.4) is 0 Å². The lowest BCUT2D eigenvalue weighted by Crippen LogP contribution is -2.32. The second-order valence-corrected chi connectivity index (χ2v) is 8.57. The lowest BCUT2D eigenvalue weighted by molar-refractivity contribution is -0.122. The first-order valence-electron chi connectivity index (χ1n) is 11.2. The van der Waals surface area contributed by atoms with Crippen molar-refractivity contribution < 1.29 is 28.5 Å². The molecule has 2 unspecified atom stereocenters. The maximum absolute atomic E-state index is 13.6. The van der Waals surface area contributed by atoms with Gasteiger partial charge in [0.15, 0.2) is 0 Å². The van der Waals surface area contributed by atoms with Crippen molar-refractivity contribution >= 4 is 34.8 Å². The van der Waals surface area contributed by atoms with E-state index >= 15 is 0 Å². The fraction of sp³-hybridized carbons (Fsp3) is 0.259. The van der Waals surface area contributed by atoms with E-state index < -0.39 is 12.0 Å². The van der Waals surface area contributed by atoms with Crippen molar-refractivity contribution in [3.05, 3.63) is 71.2 Å². The quantitative estimate of drug-likeness (QED) is 0.453. The summed E-state index contributed by atoms with van der Waals surface area (Å²) in [5, 5.41) is 3.22. The molecule has 9 heteroatoms. The van der Waals surface area contributed by atoms with E-state index in [0.29, 0.717) is 39.4 Å². The molecule has 1 aliphatic heterocycles. The smallest absolute Gasteiger partial charge is 0.230 e. The number of anilines is 2. The summed E-state index contributed by atoms with van der Waals surface area (Å²) in [5.41, 5.74) is 1.86. The van der Waals surface area contributed by atoms with Crippen LogP contribution in [0.4, 0.5) is 11.4 Å². The molecule has 0 spiro atoms. The number of ether oxygens (including phenoxy) is 4. The van der Waals surface area contributed by atoms with Crippen LogP contribution in [0.25, 0.3) is 0 Å².